The summed E-state index contributed by atoms with van der Waals surface area (Å²) in [5.41, 5.74) is 0. The van der Waals surface area contributed by atoms with Crippen LogP contribution in [-0.2, 0) is 28.6 Å². The van der Waals surface area contributed by atoms with E-state index in [0.717, 1.165) is 75.5 Å². The van der Waals surface area contributed by atoms with E-state index < -0.39 is 6.10 Å². The van der Waals surface area contributed by atoms with Crippen molar-refractivity contribution >= 4 is 17.9 Å². The highest BCUT2D eigenvalue weighted by molar-refractivity contribution is 5.71. The van der Waals surface area contributed by atoms with Gasteiger partial charge in [-0.15, -0.1) is 0 Å². The maximum atomic E-state index is 12.8. The van der Waals surface area contributed by atoms with Gasteiger partial charge in [0.05, 0.1) is 0 Å². The topological polar surface area (TPSA) is 78.9 Å². The van der Waals surface area contributed by atoms with Gasteiger partial charge in [-0.25, -0.2) is 0 Å². The molecule has 0 unspecified atom stereocenters. The molecule has 0 bridgehead atoms. The van der Waals surface area contributed by atoms with Crippen molar-refractivity contribution in [3.8, 4) is 0 Å². The number of hydrogen-bond acceptors (Lipinski definition) is 6. The summed E-state index contributed by atoms with van der Waals surface area (Å²) in [5.74, 6) is 1.65. The van der Waals surface area contributed by atoms with Gasteiger partial charge in [-0.1, -0.05) is 286 Å². The van der Waals surface area contributed by atoms with Crippen LogP contribution < -0.4 is 0 Å². The third kappa shape index (κ3) is 53.2. The van der Waals surface area contributed by atoms with Crippen molar-refractivity contribution in [2.45, 2.75) is 330 Å². The molecule has 0 aliphatic heterocycles. The Hall–Kier alpha value is -1.59. The van der Waals surface area contributed by atoms with Crippen molar-refractivity contribution < 1.29 is 28.6 Å². The maximum absolute atomic E-state index is 12.8. The number of ether oxygens (including phenoxy) is 3. The van der Waals surface area contributed by atoms with Crippen molar-refractivity contribution in [3.63, 3.8) is 0 Å². The van der Waals surface area contributed by atoms with E-state index in [9.17, 15) is 14.4 Å². The van der Waals surface area contributed by atoms with Crippen molar-refractivity contribution in [2.75, 3.05) is 13.2 Å². The largest absolute Gasteiger partial charge is 0.462 e. The van der Waals surface area contributed by atoms with Crippen LogP contribution in [-0.4, -0.2) is 37.2 Å². The molecule has 0 saturated carbocycles. The number of carbonyl (C=O) groups excluding carboxylic acids is 3. The minimum absolute atomic E-state index is 0.0639. The van der Waals surface area contributed by atoms with Crippen LogP contribution in [0.15, 0.2) is 0 Å². The van der Waals surface area contributed by atoms with Crippen LogP contribution in [0.5, 0.6) is 0 Å². The first-order valence-electron chi connectivity index (χ1n) is 29.1. The van der Waals surface area contributed by atoms with Crippen LogP contribution in [0, 0.1) is 17.8 Å². The van der Waals surface area contributed by atoms with Gasteiger partial charge in [-0.3, -0.25) is 14.4 Å². The lowest BCUT2D eigenvalue weighted by Crippen LogP contribution is -2.30. The van der Waals surface area contributed by atoms with E-state index in [4.69, 9.17) is 14.2 Å². The lowest BCUT2D eigenvalue weighted by atomic mass is 10.0. The first-order chi connectivity index (χ1) is 31.6. The average molecular weight is 920 g/mol. The standard InChI is InChI=1S/C59H114O6/c1-53(2)45-39-33-27-21-17-13-9-7-8-10-15-19-23-30-36-42-48-57(60)63-51-56(65-59(62)50-44-38-32-26-25-29-35-41-47-55(5)6)52-64-58(61)49-43-37-31-24-20-16-12-11-14-18-22-28-34-40-46-54(3)4/h53-56H,7-52H2,1-6H3/t56-/m1/s1. The second kappa shape index (κ2) is 50.3. The summed E-state index contributed by atoms with van der Waals surface area (Å²) in [4.78, 5) is 38.1. The Balaban J connectivity index is 4.24. The average Bonchev–Trinajstić information content (AvgIpc) is 3.26. The molecule has 0 rings (SSSR count). The van der Waals surface area contributed by atoms with Crippen LogP contribution in [0.4, 0.5) is 0 Å². The molecule has 1 atom stereocenters. The van der Waals surface area contributed by atoms with Gasteiger partial charge in [0.1, 0.15) is 13.2 Å². The summed E-state index contributed by atoms with van der Waals surface area (Å²) in [6.07, 6.45) is 52.5. The van der Waals surface area contributed by atoms with Gasteiger partial charge in [0.2, 0.25) is 0 Å². The molecule has 0 N–H and O–H groups in total. The van der Waals surface area contributed by atoms with E-state index in [2.05, 4.69) is 41.5 Å². The summed E-state index contributed by atoms with van der Waals surface area (Å²) < 4.78 is 16.9. The minimum Gasteiger partial charge on any atom is -0.462 e. The second-order valence-electron chi connectivity index (χ2n) is 21.7. The summed E-state index contributed by atoms with van der Waals surface area (Å²) in [6, 6.07) is 0. The van der Waals surface area contributed by atoms with Gasteiger partial charge >= 0.3 is 17.9 Å². The maximum Gasteiger partial charge on any atom is 0.306 e. The first-order valence-corrected chi connectivity index (χ1v) is 29.1. The molecule has 386 valence electrons. The predicted octanol–water partition coefficient (Wildman–Crippen LogP) is 19.1. The Morgan fingerprint density at radius 3 is 0.662 bits per heavy atom. The molecule has 0 fully saturated rings. The Labute approximate surface area is 406 Å². The number of hydrogen-bond donors (Lipinski definition) is 0. The summed E-state index contributed by atoms with van der Waals surface area (Å²) in [5, 5.41) is 0. The summed E-state index contributed by atoms with van der Waals surface area (Å²) in [7, 11) is 0. The fourth-order valence-corrected chi connectivity index (χ4v) is 9.00. The third-order valence-corrected chi connectivity index (χ3v) is 13.4. The van der Waals surface area contributed by atoms with Crippen LogP contribution in [0.2, 0.25) is 0 Å². The van der Waals surface area contributed by atoms with E-state index in [1.54, 1.807) is 0 Å². The van der Waals surface area contributed by atoms with E-state index >= 15 is 0 Å². The zero-order valence-corrected chi connectivity index (χ0v) is 44.8. The highest BCUT2D eigenvalue weighted by Crippen LogP contribution is 2.18. The van der Waals surface area contributed by atoms with Crippen LogP contribution >= 0.6 is 0 Å². The molecule has 0 aromatic heterocycles. The van der Waals surface area contributed by atoms with Gasteiger partial charge in [0.15, 0.2) is 6.10 Å². The fourth-order valence-electron chi connectivity index (χ4n) is 9.00. The molecular formula is C59H114O6. The van der Waals surface area contributed by atoms with Crippen molar-refractivity contribution in [2.24, 2.45) is 17.8 Å². The molecule has 6 nitrogen and oxygen atoms in total. The smallest absolute Gasteiger partial charge is 0.306 e. The molecule has 0 spiro atoms. The monoisotopic (exact) mass is 919 g/mol. The van der Waals surface area contributed by atoms with Crippen molar-refractivity contribution in [1.29, 1.82) is 0 Å². The quantitative estimate of drug-likeness (QED) is 0.0344. The van der Waals surface area contributed by atoms with Gasteiger partial charge < -0.3 is 14.2 Å². The molecule has 6 heteroatoms. The predicted molar refractivity (Wildman–Crippen MR) is 279 cm³/mol. The van der Waals surface area contributed by atoms with Crippen molar-refractivity contribution in [3.05, 3.63) is 0 Å². The zero-order valence-electron chi connectivity index (χ0n) is 44.8. The SMILES string of the molecule is CC(C)CCCCCCCCCCCCCCCCCCC(=O)OC[C@H](COC(=O)CCCCCCCCCCCCCCCCC(C)C)OC(=O)CCCCCCCCCCC(C)C. The lowest BCUT2D eigenvalue weighted by molar-refractivity contribution is -0.167. The molecule has 0 aromatic rings. The molecular weight excluding hydrogens is 805 g/mol. The summed E-state index contributed by atoms with van der Waals surface area (Å²) in [6.45, 7) is 13.7. The molecule has 0 radical (unpaired) electrons. The normalized spacial score (nSPS) is 12.1. The molecule has 0 saturated heterocycles. The fraction of sp³-hybridized carbons (Fsp3) is 0.949. The number of esters is 3. The van der Waals surface area contributed by atoms with Gasteiger partial charge in [-0.2, -0.15) is 0 Å². The van der Waals surface area contributed by atoms with E-state index in [0.29, 0.717) is 19.3 Å². The van der Waals surface area contributed by atoms with E-state index in [1.807, 2.05) is 0 Å². The molecule has 0 aromatic carbocycles. The highest BCUT2D eigenvalue weighted by Gasteiger charge is 2.19. The Morgan fingerprint density at radius 1 is 0.262 bits per heavy atom. The lowest BCUT2D eigenvalue weighted by Gasteiger charge is -2.18. The summed E-state index contributed by atoms with van der Waals surface area (Å²) >= 11 is 0. The zero-order chi connectivity index (χ0) is 47.7. The Morgan fingerprint density at radius 2 is 0.446 bits per heavy atom. The first kappa shape index (κ1) is 63.4. The molecule has 0 aliphatic rings. The van der Waals surface area contributed by atoms with E-state index in [-0.39, 0.29) is 31.1 Å². The third-order valence-electron chi connectivity index (χ3n) is 13.4. The Kier molecular flexibility index (Phi) is 49.1. The van der Waals surface area contributed by atoms with Gasteiger partial charge in [0, 0.05) is 19.3 Å². The van der Waals surface area contributed by atoms with Gasteiger partial charge in [0.25, 0.3) is 0 Å². The molecule has 0 amide bonds. The highest BCUT2D eigenvalue weighted by atomic mass is 16.6. The van der Waals surface area contributed by atoms with Crippen LogP contribution in [0.1, 0.15) is 324 Å². The van der Waals surface area contributed by atoms with Crippen LogP contribution in [0.3, 0.4) is 0 Å². The number of carbonyl (C=O) groups is 3. The molecule has 65 heavy (non-hydrogen) atoms. The molecule has 0 aliphatic carbocycles. The van der Waals surface area contributed by atoms with Gasteiger partial charge in [-0.05, 0) is 37.0 Å². The second-order valence-corrected chi connectivity index (χ2v) is 21.7. The minimum atomic E-state index is -0.764. The van der Waals surface area contributed by atoms with E-state index in [1.165, 1.54) is 205 Å². The number of unbranched alkanes of at least 4 members (excludes halogenated alkanes) is 35. The Bertz CT molecular complexity index is 1010. The number of rotatable bonds is 52. The molecule has 0 heterocycles. The van der Waals surface area contributed by atoms with Crippen molar-refractivity contribution in [1.82, 2.24) is 0 Å². The van der Waals surface area contributed by atoms with Crippen LogP contribution in [0.25, 0.3) is 0 Å².